The Kier molecular flexibility index (Phi) is 6.27. The molecule has 1 unspecified atom stereocenters. The van der Waals surface area contributed by atoms with Gasteiger partial charge >= 0.3 is 0 Å². The van der Waals surface area contributed by atoms with Crippen molar-refractivity contribution in [1.82, 2.24) is 9.62 Å². The largest absolute Gasteiger partial charge is 0.375 e. The van der Waals surface area contributed by atoms with Crippen LogP contribution in [0.1, 0.15) is 50.5 Å². The summed E-state index contributed by atoms with van der Waals surface area (Å²) in [4.78, 5) is 11.8. The van der Waals surface area contributed by atoms with E-state index in [0.717, 1.165) is 63.7 Å². The topological polar surface area (TPSA) is 75.7 Å². The molecule has 0 aromatic heterocycles. The number of rotatable bonds is 7. The van der Waals surface area contributed by atoms with Crippen LogP contribution in [0.4, 0.5) is 0 Å². The minimum absolute atomic E-state index is 0.0605. The van der Waals surface area contributed by atoms with Crippen LogP contribution < -0.4 is 5.32 Å². The third-order valence-electron chi connectivity index (χ3n) is 6.61. The van der Waals surface area contributed by atoms with Crippen LogP contribution in [0.15, 0.2) is 30.3 Å². The van der Waals surface area contributed by atoms with Gasteiger partial charge in [-0.15, -0.1) is 0 Å². The SMILES string of the molecule is O=C(NCCC1CCOC2(CCN(S(=O)(=O)Cc3ccccc3)CC2)C1)C1CC1. The average molecular weight is 421 g/mol. The predicted molar refractivity (Wildman–Crippen MR) is 112 cm³/mol. The van der Waals surface area contributed by atoms with Crippen LogP contribution in [0, 0.1) is 11.8 Å². The molecule has 1 N–H and O–H groups in total. The van der Waals surface area contributed by atoms with Crippen molar-refractivity contribution in [2.45, 2.75) is 56.3 Å². The highest BCUT2D eigenvalue weighted by Gasteiger charge is 2.42. The summed E-state index contributed by atoms with van der Waals surface area (Å²) in [5.41, 5.74) is 0.636. The first kappa shape index (κ1) is 20.8. The van der Waals surface area contributed by atoms with E-state index in [0.29, 0.717) is 19.0 Å². The van der Waals surface area contributed by atoms with Crippen molar-refractivity contribution < 1.29 is 17.9 Å². The third-order valence-corrected chi connectivity index (χ3v) is 8.46. The monoisotopic (exact) mass is 420 g/mol. The first-order valence-corrected chi connectivity index (χ1v) is 12.5. The van der Waals surface area contributed by atoms with E-state index < -0.39 is 10.0 Å². The molecule has 2 heterocycles. The van der Waals surface area contributed by atoms with Gasteiger partial charge in [0.25, 0.3) is 0 Å². The number of hydrogen-bond donors (Lipinski definition) is 1. The summed E-state index contributed by atoms with van der Waals surface area (Å²) in [6.07, 6.45) is 6.57. The predicted octanol–water partition coefficient (Wildman–Crippen LogP) is 2.69. The van der Waals surface area contributed by atoms with Gasteiger partial charge in [-0.2, -0.15) is 0 Å². The lowest BCUT2D eigenvalue weighted by Crippen LogP contribution is -2.51. The Morgan fingerprint density at radius 1 is 1.14 bits per heavy atom. The Bertz CT molecular complexity index is 799. The van der Waals surface area contributed by atoms with Crippen molar-refractivity contribution >= 4 is 15.9 Å². The molecule has 1 atom stereocenters. The van der Waals surface area contributed by atoms with Crippen molar-refractivity contribution in [2.24, 2.45) is 11.8 Å². The van der Waals surface area contributed by atoms with Crippen LogP contribution in [0.2, 0.25) is 0 Å². The molecule has 1 aliphatic carbocycles. The zero-order valence-corrected chi connectivity index (χ0v) is 17.8. The smallest absolute Gasteiger partial charge is 0.223 e. The number of nitrogens with zero attached hydrogens (tertiary/aromatic N) is 1. The van der Waals surface area contributed by atoms with Gasteiger partial charge in [-0.1, -0.05) is 30.3 Å². The summed E-state index contributed by atoms with van der Waals surface area (Å²) in [6.45, 7) is 2.53. The first-order valence-electron chi connectivity index (χ1n) is 10.9. The molecule has 1 saturated carbocycles. The van der Waals surface area contributed by atoms with E-state index in [2.05, 4.69) is 5.32 Å². The highest BCUT2D eigenvalue weighted by molar-refractivity contribution is 7.88. The van der Waals surface area contributed by atoms with E-state index in [-0.39, 0.29) is 23.2 Å². The van der Waals surface area contributed by atoms with E-state index >= 15 is 0 Å². The van der Waals surface area contributed by atoms with E-state index in [1.165, 1.54) is 0 Å². The van der Waals surface area contributed by atoms with Crippen molar-refractivity contribution in [1.29, 1.82) is 0 Å². The molecule has 3 fully saturated rings. The Morgan fingerprint density at radius 3 is 2.55 bits per heavy atom. The molecule has 1 aromatic carbocycles. The van der Waals surface area contributed by atoms with Gasteiger partial charge in [-0.25, -0.2) is 12.7 Å². The van der Waals surface area contributed by atoms with Gasteiger partial charge in [0.1, 0.15) is 0 Å². The van der Waals surface area contributed by atoms with E-state index in [4.69, 9.17) is 4.74 Å². The number of nitrogens with one attached hydrogen (secondary N) is 1. The molecule has 1 aromatic rings. The molecule has 2 aliphatic heterocycles. The van der Waals surface area contributed by atoms with Crippen LogP contribution in [-0.4, -0.2) is 50.5 Å². The molecule has 1 amide bonds. The molecule has 4 rings (SSSR count). The van der Waals surface area contributed by atoms with Crippen molar-refractivity contribution in [3.63, 3.8) is 0 Å². The van der Waals surface area contributed by atoms with Crippen LogP contribution >= 0.6 is 0 Å². The van der Waals surface area contributed by atoms with Gasteiger partial charge in [-0.3, -0.25) is 4.79 Å². The normalized spacial score (nSPS) is 25.0. The fraction of sp³-hybridized carbons (Fsp3) is 0.682. The lowest BCUT2D eigenvalue weighted by Gasteiger charge is -2.46. The van der Waals surface area contributed by atoms with Gasteiger partial charge in [0.2, 0.25) is 15.9 Å². The lowest BCUT2D eigenvalue weighted by molar-refractivity contribution is -0.124. The van der Waals surface area contributed by atoms with E-state index in [1.807, 2.05) is 30.3 Å². The van der Waals surface area contributed by atoms with Crippen molar-refractivity contribution in [2.75, 3.05) is 26.2 Å². The number of amides is 1. The zero-order valence-electron chi connectivity index (χ0n) is 17.0. The Labute approximate surface area is 174 Å². The molecule has 29 heavy (non-hydrogen) atoms. The van der Waals surface area contributed by atoms with Gasteiger partial charge in [0, 0.05) is 32.2 Å². The molecule has 2 saturated heterocycles. The highest BCUT2D eigenvalue weighted by Crippen LogP contribution is 2.39. The molecule has 160 valence electrons. The molecule has 7 heteroatoms. The standard InChI is InChI=1S/C22H32N2O4S/c25-21(20-6-7-20)23-12-8-18-9-15-28-22(16-18)10-13-24(14-11-22)29(26,27)17-19-4-2-1-3-5-19/h1-5,18,20H,6-17H2,(H,23,25). The highest BCUT2D eigenvalue weighted by atomic mass is 32.2. The lowest BCUT2D eigenvalue weighted by atomic mass is 9.79. The first-order chi connectivity index (χ1) is 14.0. The Hall–Kier alpha value is -1.44. The number of sulfonamides is 1. The van der Waals surface area contributed by atoms with Gasteiger partial charge in [0.15, 0.2) is 0 Å². The summed E-state index contributed by atoms with van der Waals surface area (Å²) < 4.78 is 33.4. The maximum Gasteiger partial charge on any atom is 0.223 e. The summed E-state index contributed by atoms with van der Waals surface area (Å²) in [5, 5.41) is 3.07. The second kappa shape index (κ2) is 8.74. The molecule has 6 nitrogen and oxygen atoms in total. The van der Waals surface area contributed by atoms with Gasteiger partial charge in [-0.05, 0) is 56.4 Å². The summed E-state index contributed by atoms with van der Waals surface area (Å²) >= 11 is 0. The minimum Gasteiger partial charge on any atom is -0.375 e. The van der Waals surface area contributed by atoms with Gasteiger partial charge < -0.3 is 10.1 Å². The van der Waals surface area contributed by atoms with Gasteiger partial charge in [0.05, 0.1) is 11.4 Å². The second-order valence-corrected chi connectivity index (χ2v) is 10.9. The maximum atomic E-state index is 12.8. The molecule has 3 aliphatic rings. The average Bonchev–Trinajstić information content (AvgIpc) is 3.54. The quantitative estimate of drug-likeness (QED) is 0.736. The van der Waals surface area contributed by atoms with Crippen LogP contribution in [0.25, 0.3) is 0 Å². The Balaban J connectivity index is 1.26. The van der Waals surface area contributed by atoms with Crippen LogP contribution in [-0.2, 0) is 25.3 Å². The number of ether oxygens (including phenoxy) is 1. The number of piperidine rings is 1. The number of hydrogen-bond acceptors (Lipinski definition) is 4. The molecular weight excluding hydrogens is 388 g/mol. The zero-order chi connectivity index (χ0) is 20.3. The fourth-order valence-electron chi connectivity index (χ4n) is 4.66. The molecular formula is C22H32N2O4S. The summed E-state index contributed by atoms with van der Waals surface area (Å²) in [5.74, 6) is 1.07. The third kappa shape index (κ3) is 5.38. The van der Waals surface area contributed by atoms with Crippen LogP contribution in [0.5, 0.6) is 0 Å². The molecule has 0 bridgehead atoms. The number of benzene rings is 1. The van der Waals surface area contributed by atoms with Crippen LogP contribution in [0.3, 0.4) is 0 Å². The fourth-order valence-corrected chi connectivity index (χ4v) is 6.20. The minimum atomic E-state index is -3.30. The van der Waals surface area contributed by atoms with E-state index in [1.54, 1.807) is 4.31 Å². The molecule has 1 spiro atoms. The second-order valence-electron chi connectivity index (χ2n) is 8.89. The summed E-state index contributed by atoms with van der Waals surface area (Å²) in [7, 11) is -3.30. The summed E-state index contributed by atoms with van der Waals surface area (Å²) in [6, 6.07) is 9.37. The molecule has 0 radical (unpaired) electrons. The maximum absolute atomic E-state index is 12.8. The number of carbonyl (C=O) groups is 1. The van der Waals surface area contributed by atoms with E-state index in [9.17, 15) is 13.2 Å². The Morgan fingerprint density at radius 2 is 1.86 bits per heavy atom. The van der Waals surface area contributed by atoms with Crippen molar-refractivity contribution in [3.05, 3.63) is 35.9 Å². The number of carbonyl (C=O) groups excluding carboxylic acids is 1. The van der Waals surface area contributed by atoms with Crippen molar-refractivity contribution in [3.8, 4) is 0 Å².